The van der Waals surface area contributed by atoms with Crippen LogP contribution in [0.3, 0.4) is 0 Å². The lowest BCUT2D eigenvalue weighted by Gasteiger charge is -2.52. The Morgan fingerprint density at radius 3 is 2.62 bits per heavy atom. The summed E-state index contributed by atoms with van der Waals surface area (Å²) in [5.41, 5.74) is 1.38. The zero-order valence-corrected chi connectivity index (χ0v) is 17.2. The number of hydrogen-bond acceptors (Lipinski definition) is 4. The molecule has 2 saturated heterocycles. The highest BCUT2D eigenvalue weighted by atomic mass is 32.2. The van der Waals surface area contributed by atoms with Crippen molar-refractivity contribution < 1.29 is 13.6 Å². The van der Waals surface area contributed by atoms with Crippen molar-refractivity contribution >= 4 is 16.2 Å². The van der Waals surface area contributed by atoms with Gasteiger partial charge in [0.2, 0.25) is 16.2 Å². The van der Waals surface area contributed by atoms with Crippen LogP contribution in [0, 0.1) is 29.6 Å². The molecule has 0 aromatic carbocycles. The Kier molecular flexibility index (Phi) is 6.57. The fourth-order valence-corrected chi connectivity index (χ4v) is 6.21. The fourth-order valence-electron chi connectivity index (χ4n) is 5.61. The number of carbonyl (C=O) groups excluding carboxylic acids is 1. The van der Waals surface area contributed by atoms with E-state index < -0.39 is 16.2 Å². The minimum atomic E-state index is -2.36. The molecule has 0 aromatic rings. The summed E-state index contributed by atoms with van der Waals surface area (Å²) in [5, 5.41) is 4.56. The Hall–Kier alpha value is -0.720. The summed E-state index contributed by atoms with van der Waals surface area (Å²) in [6, 6.07) is 0. The number of hydrazine groups is 1. The van der Waals surface area contributed by atoms with Crippen molar-refractivity contribution in [2.24, 2.45) is 29.6 Å². The molecule has 2 fully saturated rings. The number of rotatable bonds is 4. The summed E-state index contributed by atoms with van der Waals surface area (Å²) in [6.45, 7) is 9.79. The van der Waals surface area contributed by atoms with Gasteiger partial charge < -0.3 is 9.56 Å². The molecule has 3 aliphatic rings. The number of carbonyl (C=O) groups is 1. The van der Waals surface area contributed by atoms with Crippen molar-refractivity contribution in [3.63, 3.8) is 0 Å². The second-order valence-corrected chi connectivity index (χ2v) is 9.54. The van der Waals surface area contributed by atoms with Crippen LogP contribution in [-0.2, 0) is 15.9 Å². The van der Waals surface area contributed by atoms with Gasteiger partial charge in [0.05, 0.1) is 0 Å². The van der Waals surface area contributed by atoms with E-state index in [4.69, 9.17) is 0 Å². The van der Waals surface area contributed by atoms with E-state index in [0.29, 0.717) is 24.2 Å². The van der Waals surface area contributed by atoms with E-state index in [0.717, 1.165) is 45.3 Å². The van der Waals surface area contributed by atoms with E-state index in [9.17, 15) is 13.6 Å². The maximum atomic E-state index is 12.3. The lowest BCUT2D eigenvalue weighted by molar-refractivity contribution is -0.120. The molecule has 5 nitrogen and oxygen atoms in total. The van der Waals surface area contributed by atoms with Crippen molar-refractivity contribution in [2.45, 2.75) is 59.3 Å². The molecule has 0 bridgehead atoms. The maximum absolute atomic E-state index is 12.3. The van der Waals surface area contributed by atoms with E-state index in [-0.39, 0.29) is 11.8 Å². The predicted octanol–water partition coefficient (Wildman–Crippen LogP) is 3.66. The van der Waals surface area contributed by atoms with Gasteiger partial charge in [0.15, 0.2) is 0 Å². The largest absolute Gasteiger partial charge is 0.310 e. The molecule has 1 aliphatic carbocycles. The average Bonchev–Trinajstić information content (AvgIpc) is 2.61. The molecule has 0 amide bonds. The van der Waals surface area contributed by atoms with Gasteiger partial charge in [-0.1, -0.05) is 26.8 Å². The molecule has 0 radical (unpaired) electrons. The van der Waals surface area contributed by atoms with Crippen LogP contribution in [0.5, 0.6) is 0 Å². The van der Waals surface area contributed by atoms with Gasteiger partial charge in [-0.3, -0.25) is 4.79 Å². The third-order valence-electron chi connectivity index (χ3n) is 6.56. The normalized spacial score (nSPS) is 35.4. The Morgan fingerprint density at radius 1 is 1.31 bits per heavy atom. The lowest BCUT2D eigenvalue weighted by atomic mass is 9.71. The molecular weight excluding hydrogens is 348 g/mol. The molecule has 0 aromatic heterocycles. The molecule has 2 heterocycles. The quantitative estimate of drug-likeness (QED) is 0.752. The number of allylic oxidation sites excluding steroid dienone is 2. The molecule has 1 N–H and O–H groups in total. The van der Waals surface area contributed by atoms with Crippen LogP contribution in [0.25, 0.3) is 0 Å². The highest BCUT2D eigenvalue weighted by molar-refractivity contribution is 7.95. The summed E-state index contributed by atoms with van der Waals surface area (Å²) < 4.78 is 20.8. The number of hydrogen-bond donors (Lipinski definition) is 1. The van der Waals surface area contributed by atoms with Gasteiger partial charge in [0, 0.05) is 37.2 Å². The number of fused-ring (bicyclic) bond motifs is 1. The Bertz CT molecular complexity index is 569. The van der Waals surface area contributed by atoms with Gasteiger partial charge >= 0.3 is 0 Å². The molecule has 148 valence electrons. The number of nitrogens with zero attached hydrogens (tertiary/aromatic N) is 2. The van der Waals surface area contributed by atoms with E-state index in [2.05, 4.69) is 29.9 Å². The Morgan fingerprint density at radius 2 is 2.00 bits per heavy atom. The van der Waals surface area contributed by atoms with Gasteiger partial charge in [-0.25, -0.2) is 9.22 Å². The van der Waals surface area contributed by atoms with Crippen molar-refractivity contribution in [2.75, 3.05) is 19.6 Å². The summed E-state index contributed by atoms with van der Waals surface area (Å²) in [6.07, 6.45) is 8.60. The molecule has 6 heteroatoms. The minimum Gasteiger partial charge on any atom is -0.310 e. The second kappa shape index (κ2) is 8.53. The zero-order chi connectivity index (χ0) is 18.8. The summed E-state index contributed by atoms with van der Waals surface area (Å²) in [7, 11) is 0. The van der Waals surface area contributed by atoms with Crippen LogP contribution < -0.4 is 0 Å². The molecule has 26 heavy (non-hydrogen) atoms. The highest BCUT2D eigenvalue weighted by Gasteiger charge is 2.43. The Balaban J connectivity index is 1.82. The van der Waals surface area contributed by atoms with Crippen LogP contribution in [0.2, 0.25) is 0 Å². The van der Waals surface area contributed by atoms with Gasteiger partial charge in [-0.05, 0) is 56.3 Å². The second-order valence-electron chi connectivity index (χ2n) is 8.64. The van der Waals surface area contributed by atoms with Crippen LogP contribution in [0.4, 0.5) is 0 Å². The highest BCUT2D eigenvalue weighted by Crippen LogP contribution is 2.44. The molecule has 6 atom stereocenters. The van der Waals surface area contributed by atoms with Crippen LogP contribution in [-0.4, -0.2) is 43.5 Å². The molecular formula is C20H34N2O3S. The van der Waals surface area contributed by atoms with Crippen LogP contribution >= 0.6 is 0 Å². The first-order valence-corrected chi connectivity index (χ1v) is 11.4. The average molecular weight is 383 g/mol. The first-order valence-electron chi connectivity index (χ1n) is 10.3. The van der Waals surface area contributed by atoms with Gasteiger partial charge in [0.1, 0.15) is 0 Å². The minimum absolute atomic E-state index is 0.200. The molecule has 0 spiro atoms. The van der Waals surface area contributed by atoms with E-state index in [1.807, 2.05) is 6.92 Å². The van der Waals surface area contributed by atoms with Gasteiger partial charge in [-0.2, -0.15) is 0 Å². The summed E-state index contributed by atoms with van der Waals surface area (Å²) >= 11 is -2.36. The third kappa shape index (κ3) is 4.07. The van der Waals surface area contributed by atoms with Crippen molar-refractivity contribution in [1.82, 2.24) is 10.0 Å². The summed E-state index contributed by atoms with van der Waals surface area (Å²) in [4.78, 5) is 12.3. The molecule has 3 rings (SSSR count). The number of piperidine rings is 2. The molecule has 2 aliphatic heterocycles. The summed E-state index contributed by atoms with van der Waals surface area (Å²) in [5.74, 6) is 1.67. The van der Waals surface area contributed by atoms with Crippen LogP contribution in [0.15, 0.2) is 11.8 Å². The SMILES string of the molecule is CCC(C(=O)S(=O)O)C1CCN(N2CC(C)CC(C)C2)C2=CCCCC21. The zero-order valence-electron chi connectivity index (χ0n) is 16.4. The first-order chi connectivity index (χ1) is 12.4. The smallest absolute Gasteiger partial charge is 0.249 e. The standard InChI is InChI=1S/C20H34N2O3S/c1-4-16(20(23)26(24)25)17-9-10-22(19-8-6-5-7-18(17)19)21-12-14(2)11-15(3)13-21/h8,14-18H,4-7,9-13H2,1-3H3,(H,24,25). The molecule has 6 unspecified atom stereocenters. The Labute approximate surface area is 160 Å². The monoisotopic (exact) mass is 382 g/mol. The van der Waals surface area contributed by atoms with Crippen LogP contribution in [0.1, 0.15) is 59.3 Å². The molecule has 0 saturated carbocycles. The lowest BCUT2D eigenvalue weighted by Crippen LogP contribution is -2.55. The van der Waals surface area contributed by atoms with Gasteiger partial charge in [0.25, 0.3) is 0 Å². The van der Waals surface area contributed by atoms with Gasteiger partial charge in [-0.15, -0.1) is 0 Å². The van der Waals surface area contributed by atoms with E-state index in [1.165, 1.54) is 12.1 Å². The third-order valence-corrected chi connectivity index (χ3v) is 7.21. The van der Waals surface area contributed by atoms with E-state index >= 15 is 0 Å². The topological polar surface area (TPSA) is 60.9 Å². The van der Waals surface area contributed by atoms with E-state index in [1.54, 1.807) is 0 Å². The van der Waals surface area contributed by atoms with Crippen molar-refractivity contribution in [1.29, 1.82) is 0 Å². The first kappa shape index (κ1) is 20.0. The predicted molar refractivity (Wildman–Crippen MR) is 104 cm³/mol. The fraction of sp³-hybridized carbons (Fsp3) is 0.850. The van der Waals surface area contributed by atoms with Crippen molar-refractivity contribution in [3.8, 4) is 0 Å². The van der Waals surface area contributed by atoms with Crippen molar-refractivity contribution in [3.05, 3.63) is 11.8 Å². The maximum Gasteiger partial charge on any atom is 0.249 e.